The van der Waals surface area contributed by atoms with Crippen LogP contribution in [0.5, 0.6) is 11.5 Å². The molecule has 0 aromatic heterocycles. The van der Waals surface area contributed by atoms with Crippen LogP contribution >= 0.6 is 0 Å². The largest absolute Gasteiger partial charge is 0.490 e. The highest BCUT2D eigenvalue weighted by Crippen LogP contribution is 2.26. The van der Waals surface area contributed by atoms with Gasteiger partial charge < -0.3 is 14.8 Å². The fraction of sp³-hybridized carbons (Fsp3) is 0.316. The molecule has 2 aromatic carbocycles. The van der Waals surface area contributed by atoms with Gasteiger partial charge in [-0.1, -0.05) is 37.3 Å². The zero-order valence-corrected chi connectivity index (χ0v) is 13.9. The Kier molecular flexibility index (Phi) is 6.03. The Morgan fingerprint density at radius 3 is 2.35 bits per heavy atom. The van der Waals surface area contributed by atoms with Crippen LogP contribution in [0.3, 0.4) is 0 Å². The van der Waals surface area contributed by atoms with Crippen LogP contribution in [0, 0.1) is 6.92 Å². The van der Waals surface area contributed by atoms with Crippen molar-refractivity contribution in [1.82, 2.24) is 0 Å². The fourth-order valence-electron chi connectivity index (χ4n) is 2.36. The Labute approximate surface area is 137 Å². The minimum Gasteiger partial charge on any atom is -0.490 e. The van der Waals surface area contributed by atoms with Gasteiger partial charge in [0.15, 0.2) is 18.1 Å². The van der Waals surface area contributed by atoms with Crippen LogP contribution in [0.4, 0.5) is 5.69 Å². The van der Waals surface area contributed by atoms with Crippen LogP contribution in [0.2, 0.25) is 0 Å². The third-order valence-corrected chi connectivity index (χ3v) is 3.51. The summed E-state index contributed by atoms with van der Waals surface area (Å²) in [6.45, 7) is 6.46. The molecular formula is C19H23NO3. The van der Waals surface area contributed by atoms with Crippen molar-refractivity contribution in [3.05, 3.63) is 53.6 Å². The fourth-order valence-corrected chi connectivity index (χ4v) is 2.36. The molecule has 4 nitrogen and oxygen atoms in total. The van der Waals surface area contributed by atoms with E-state index in [4.69, 9.17) is 9.47 Å². The molecule has 0 heterocycles. The Hall–Kier alpha value is -2.49. The first kappa shape index (κ1) is 16.9. The number of carbonyl (C=O) groups excluding carboxylic acids is 1. The lowest BCUT2D eigenvalue weighted by molar-refractivity contribution is -0.118. The van der Waals surface area contributed by atoms with Gasteiger partial charge >= 0.3 is 0 Å². The summed E-state index contributed by atoms with van der Waals surface area (Å²) in [6, 6.07) is 13.4. The Bertz CT molecular complexity index is 667. The average molecular weight is 313 g/mol. The van der Waals surface area contributed by atoms with Crippen molar-refractivity contribution in [3.63, 3.8) is 0 Å². The summed E-state index contributed by atoms with van der Waals surface area (Å²) >= 11 is 0. The number of hydrogen-bond donors (Lipinski definition) is 1. The normalized spacial score (nSPS) is 10.2. The Balaban J connectivity index is 2.01. The van der Waals surface area contributed by atoms with Gasteiger partial charge in [0, 0.05) is 5.69 Å². The van der Waals surface area contributed by atoms with E-state index in [0.717, 1.165) is 23.2 Å². The van der Waals surface area contributed by atoms with E-state index in [1.807, 2.05) is 50.2 Å². The third kappa shape index (κ3) is 4.49. The predicted molar refractivity (Wildman–Crippen MR) is 92.3 cm³/mol. The van der Waals surface area contributed by atoms with E-state index >= 15 is 0 Å². The summed E-state index contributed by atoms with van der Waals surface area (Å²) in [7, 11) is 0. The topological polar surface area (TPSA) is 47.6 Å². The third-order valence-electron chi connectivity index (χ3n) is 3.51. The van der Waals surface area contributed by atoms with E-state index in [9.17, 15) is 4.79 Å². The molecule has 0 aliphatic carbocycles. The van der Waals surface area contributed by atoms with Crippen molar-refractivity contribution in [1.29, 1.82) is 0 Å². The molecule has 0 spiro atoms. The lowest BCUT2D eigenvalue weighted by Gasteiger charge is -2.14. The molecule has 0 fully saturated rings. The summed E-state index contributed by atoms with van der Waals surface area (Å²) < 4.78 is 11.1. The maximum atomic E-state index is 12.2. The average Bonchev–Trinajstić information content (AvgIpc) is 2.56. The van der Waals surface area contributed by atoms with Gasteiger partial charge in [-0.05, 0) is 43.5 Å². The van der Waals surface area contributed by atoms with Crippen molar-refractivity contribution in [2.75, 3.05) is 18.5 Å². The smallest absolute Gasteiger partial charge is 0.262 e. The van der Waals surface area contributed by atoms with E-state index in [0.29, 0.717) is 18.1 Å². The molecule has 2 rings (SSSR count). The zero-order valence-electron chi connectivity index (χ0n) is 13.9. The molecule has 2 aromatic rings. The maximum absolute atomic E-state index is 12.2. The van der Waals surface area contributed by atoms with Gasteiger partial charge in [-0.15, -0.1) is 0 Å². The standard InChI is InChI=1S/C19H23NO3/c1-4-15-10-8-9-14(3)19(15)20-18(21)13-23-17-12-7-6-11-16(17)22-5-2/h6-12H,4-5,13H2,1-3H3,(H,20,21). The van der Waals surface area contributed by atoms with Crippen LogP contribution < -0.4 is 14.8 Å². The SMILES string of the molecule is CCOc1ccccc1OCC(=O)Nc1c(C)cccc1CC. The monoisotopic (exact) mass is 313 g/mol. The van der Waals surface area contributed by atoms with Crippen molar-refractivity contribution in [2.24, 2.45) is 0 Å². The van der Waals surface area contributed by atoms with E-state index in [2.05, 4.69) is 12.2 Å². The van der Waals surface area contributed by atoms with Crippen molar-refractivity contribution in [2.45, 2.75) is 27.2 Å². The summed E-state index contributed by atoms with van der Waals surface area (Å²) in [5.74, 6) is 1.04. The number of amides is 1. The second kappa shape index (κ2) is 8.22. The van der Waals surface area contributed by atoms with Gasteiger partial charge in [-0.3, -0.25) is 4.79 Å². The Morgan fingerprint density at radius 2 is 1.70 bits per heavy atom. The molecule has 0 aliphatic rings. The maximum Gasteiger partial charge on any atom is 0.262 e. The molecule has 122 valence electrons. The molecule has 0 saturated carbocycles. The van der Waals surface area contributed by atoms with E-state index < -0.39 is 0 Å². The molecule has 0 atom stereocenters. The van der Waals surface area contributed by atoms with Gasteiger partial charge in [0.25, 0.3) is 5.91 Å². The van der Waals surface area contributed by atoms with E-state index in [1.54, 1.807) is 6.07 Å². The molecule has 4 heteroatoms. The second-order valence-electron chi connectivity index (χ2n) is 5.18. The highest BCUT2D eigenvalue weighted by Gasteiger charge is 2.11. The number of anilines is 1. The number of para-hydroxylation sites is 3. The molecule has 1 amide bonds. The van der Waals surface area contributed by atoms with Gasteiger partial charge in [-0.2, -0.15) is 0 Å². The van der Waals surface area contributed by atoms with Crippen LogP contribution in [0.15, 0.2) is 42.5 Å². The molecule has 0 bridgehead atoms. The van der Waals surface area contributed by atoms with Gasteiger partial charge in [-0.25, -0.2) is 0 Å². The highest BCUT2D eigenvalue weighted by atomic mass is 16.5. The van der Waals surface area contributed by atoms with Crippen molar-refractivity contribution < 1.29 is 14.3 Å². The van der Waals surface area contributed by atoms with E-state index in [-0.39, 0.29) is 12.5 Å². The zero-order chi connectivity index (χ0) is 16.7. The number of ether oxygens (including phenoxy) is 2. The number of aryl methyl sites for hydroxylation is 2. The first-order valence-electron chi connectivity index (χ1n) is 7.88. The van der Waals surface area contributed by atoms with Crippen LogP contribution in [-0.4, -0.2) is 19.1 Å². The lowest BCUT2D eigenvalue weighted by atomic mass is 10.1. The predicted octanol–water partition coefficient (Wildman–Crippen LogP) is 3.97. The summed E-state index contributed by atoms with van der Waals surface area (Å²) in [6.07, 6.45) is 0.866. The number of rotatable bonds is 7. The van der Waals surface area contributed by atoms with Crippen molar-refractivity contribution >= 4 is 11.6 Å². The molecule has 0 unspecified atom stereocenters. The van der Waals surface area contributed by atoms with Crippen LogP contribution in [-0.2, 0) is 11.2 Å². The first-order valence-corrected chi connectivity index (χ1v) is 7.88. The molecule has 23 heavy (non-hydrogen) atoms. The summed E-state index contributed by atoms with van der Waals surface area (Å²) in [5.41, 5.74) is 3.04. The summed E-state index contributed by atoms with van der Waals surface area (Å²) in [5, 5.41) is 2.95. The number of hydrogen-bond acceptors (Lipinski definition) is 3. The molecule has 0 radical (unpaired) electrons. The minimum atomic E-state index is -0.180. The summed E-state index contributed by atoms with van der Waals surface area (Å²) in [4.78, 5) is 12.2. The van der Waals surface area contributed by atoms with Crippen LogP contribution in [0.25, 0.3) is 0 Å². The van der Waals surface area contributed by atoms with E-state index in [1.165, 1.54) is 0 Å². The second-order valence-corrected chi connectivity index (χ2v) is 5.18. The number of benzene rings is 2. The molecule has 0 saturated heterocycles. The molecule has 1 N–H and O–H groups in total. The molecular weight excluding hydrogens is 290 g/mol. The minimum absolute atomic E-state index is 0.0540. The van der Waals surface area contributed by atoms with Gasteiger partial charge in [0.05, 0.1) is 6.61 Å². The van der Waals surface area contributed by atoms with Crippen LogP contribution in [0.1, 0.15) is 25.0 Å². The van der Waals surface area contributed by atoms with Gasteiger partial charge in [0.2, 0.25) is 0 Å². The van der Waals surface area contributed by atoms with Crippen molar-refractivity contribution in [3.8, 4) is 11.5 Å². The number of carbonyl (C=O) groups is 1. The quantitative estimate of drug-likeness (QED) is 0.841. The van der Waals surface area contributed by atoms with Gasteiger partial charge in [0.1, 0.15) is 0 Å². The molecule has 0 aliphatic heterocycles. The Morgan fingerprint density at radius 1 is 1.00 bits per heavy atom. The highest BCUT2D eigenvalue weighted by molar-refractivity contribution is 5.93. The lowest BCUT2D eigenvalue weighted by Crippen LogP contribution is -2.21. The number of nitrogens with one attached hydrogen (secondary N) is 1. The first-order chi connectivity index (χ1) is 11.2.